The maximum absolute atomic E-state index is 11.7. The lowest BCUT2D eigenvalue weighted by molar-refractivity contribution is 0.102. The Labute approximate surface area is 110 Å². The summed E-state index contributed by atoms with van der Waals surface area (Å²) in [6.45, 7) is 1.75. The molecule has 5 heteroatoms. The van der Waals surface area contributed by atoms with Crippen molar-refractivity contribution < 1.29 is 4.79 Å². The molecule has 0 aliphatic carbocycles. The molecule has 1 aromatic rings. The lowest BCUT2D eigenvalue weighted by Crippen LogP contribution is -2.14. The second kappa shape index (κ2) is 6.70. The minimum absolute atomic E-state index is 0. The third kappa shape index (κ3) is 3.64. The summed E-state index contributed by atoms with van der Waals surface area (Å²) in [4.78, 5) is 15.8. The van der Waals surface area contributed by atoms with Crippen LogP contribution in [0.15, 0.2) is 35.3 Å². The van der Waals surface area contributed by atoms with Crippen LogP contribution < -0.4 is 0 Å². The molecule has 0 spiro atoms. The number of ketones is 1. The highest BCUT2D eigenvalue weighted by Crippen LogP contribution is 2.13. The molecule has 0 N–H and O–H groups in total. The monoisotopic (exact) mass is 300 g/mol. The van der Waals surface area contributed by atoms with E-state index in [1.165, 1.54) is 11.9 Å². The van der Waals surface area contributed by atoms with Crippen molar-refractivity contribution in [3.63, 3.8) is 0 Å². The molecule has 1 aromatic carbocycles. The van der Waals surface area contributed by atoms with Crippen LogP contribution in [0.2, 0.25) is 0 Å². The summed E-state index contributed by atoms with van der Waals surface area (Å²) in [5.74, 6) is 0.650. The van der Waals surface area contributed by atoms with Crippen LogP contribution in [-0.4, -0.2) is 35.3 Å². The Bertz CT molecular complexity index is 370. The fourth-order valence-electron chi connectivity index (χ4n) is 1.31. The van der Waals surface area contributed by atoms with Crippen molar-refractivity contribution in [2.24, 2.45) is 4.99 Å². The number of rotatable bonds is 4. The van der Waals surface area contributed by atoms with Gasteiger partial charge >= 0.3 is 0 Å². The average molecular weight is 301 g/mol. The first-order chi connectivity index (χ1) is 7.36. The van der Waals surface area contributed by atoms with Crippen LogP contribution in [0.1, 0.15) is 10.4 Å². The van der Waals surface area contributed by atoms with Crippen molar-refractivity contribution in [1.82, 2.24) is 4.31 Å². The van der Waals surface area contributed by atoms with E-state index in [9.17, 15) is 4.79 Å². The Kier molecular flexibility index (Phi) is 5.55. The van der Waals surface area contributed by atoms with Gasteiger partial charge in [-0.3, -0.25) is 9.79 Å². The van der Waals surface area contributed by atoms with Gasteiger partial charge in [-0.2, -0.15) is 0 Å². The molecule has 86 valence electrons. The third-order valence-corrected chi connectivity index (χ3v) is 3.12. The molecule has 0 saturated carbocycles. The number of carbonyl (C=O) groups is 1. The van der Waals surface area contributed by atoms with Crippen LogP contribution >= 0.6 is 28.9 Å². The van der Waals surface area contributed by atoms with Gasteiger partial charge in [-0.15, -0.1) is 17.0 Å². The Hall–Kier alpha value is -0.810. The summed E-state index contributed by atoms with van der Waals surface area (Å²) in [6, 6.07) is 9.38. The molecule has 0 bridgehead atoms. The van der Waals surface area contributed by atoms with E-state index in [4.69, 9.17) is 0 Å². The summed E-state index contributed by atoms with van der Waals surface area (Å²) < 4.78 is 2.00. The van der Waals surface area contributed by atoms with Gasteiger partial charge < -0.3 is 4.31 Å². The highest BCUT2D eigenvalue weighted by molar-refractivity contribution is 8.93. The van der Waals surface area contributed by atoms with Gasteiger partial charge in [-0.1, -0.05) is 30.3 Å². The van der Waals surface area contributed by atoms with Gasteiger partial charge in [-0.05, 0) is 11.9 Å². The molecule has 0 fully saturated rings. The van der Waals surface area contributed by atoms with E-state index in [-0.39, 0.29) is 22.8 Å². The molecule has 0 saturated heterocycles. The smallest absolute Gasteiger partial charge is 0.174 e. The predicted molar refractivity (Wildman–Crippen MR) is 73.6 cm³/mol. The molecule has 1 aliphatic rings. The van der Waals surface area contributed by atoms with E-state index in [2.05, 4.69) is 4.99 Å². The number of hydrogen-bond acceptors (Lipinski definition) is 4. The topological polar surface area (TPSA) is 32.7 Å². The summed E-state index contributed by atoms with van der Waals surface area (Å²) in [5, 5.41) is 0. The number of benzene rings is 1. The fourth-order valence-corrected chi connectivity index (χ4v) is 2.10. The highest BCUT2D eigenvalue weighted by Gasteiger charge is 2.10. The quantitative estimate of drug-likeness (QED) is 0.632. The number of hydrogen-bond donors (Lipinski definition) is 0. The summed E-state index contributed by atoms with van der Waals surface area (Å²) in [6.07, 6.45) is 1.79. The van der Waals surface area contributed by atoms with Crippen LogP contribution in [0.4, 0.5) is 0 Å². The maximum Gasteiger partial charge on any atom is 0.174 e. The van der Waals surface area contributed by atoms with Crippen LogP contribution in [0.3, 0.4) is 0 Å². The second-order valence-electron chi connectivity index (χ2n) is 3.22. The third-order valence-electron chi connectivity index (χ3n) is 2.12. The fraction of sp³-hybridized carbons (Fsp3) is 0.273. The Morgan fingerprint density at radius 1 is 1.38 bits per heavy atom. The van der Waals surface area contributed by atoms with E-state index in [1.54, 1.807) is 6.34 Å². The van der Waals surface area contributed by atoms with Gasteiger partial charge in [-0.25, -0.2) is 0 Å². The SMILES string of the molecule is Br.O=C(CSN1C=NCC1)c1ccccc1. The molecule has 1 aliphatic heterocycles. The zero-order chi connectivity index (χ0) is 10.5. The number of carbonyl (C=O) groups excluding carboxylic acids is 1. The Morgan fingerprint density at radius 2 is 2.12 bits per heavy atom. The number of halogens is 1. The van der Waals surface area contributed by atoms with E-state index < -0.39 is 0 Å². The van der Waals surface area contributed by atoms with Crippen molar-refractivity contribution in [3.8, 4) is 0 Å². The minimum atomic E-state index is 0. The lowest BCUT2D eigenvalue weighted by Gasteiger charge is -2.10. The van der Waals surface area contributed by atoms with Crippen molar-refractivity contribution in [2.75, 3.05) is 18.8 Å². The summed E-state index contributed by atoms with van der Waals surface area (Å²) in [7, 11) is 0. The van der Waals surface area contributed by atoms with Crippen molar-refractivity contribution in [2.45, 2.75) is 0 Å². The average Bonchev–Trinajstić information content (AvgIpc) is 2.80. The van der Waals surface area contributed by atoms with E-state index in [0.29, 0.717) is 5.75 Å². The first-order valence-electron chi connectivity index (χ1n) is 4.84. The van der Waals surface area contributed by atoms with Crippen LogP contribution in [-0.2, 0) is 0 Å². The van der Waals surface area contributed by atoms with Gasteiger partial charge in [0.25, 0.3) is 0 Å². The van der Waals surface area contributed by atoms with E-state index >= 15 is 0 Å². The zero-order valence-electron chi connectivity index (χ0n) is 8.70. The van der Waals surface area contributed by atoms with Gasteiger partial charge in [0.1, 0.15) is 0 Å². The molecule has 1 heterocycles. The lowest BCUT2D eigenvalue weighted by atomic mass is 10.2. The van der Waals surface area contributed by atoms with Crippen LogP contribution in [0.25, 0.3) is 0 Å². The standard InChI is InChI=1S/C11H12N2OS.BrH/c14-11(10-4-2-1-3-5-10)8-15-13-7-6-12-9-13;/h1-5,9H,6-8H2;1H. The van der Waals surface area contributed by atoms with Crippen LogP contribution in [0, 0.1) is 0 Å². The van der Waals surface area contributed by atoms with Gasteiger partial charge in [0.2, 0.25) is 0 Å². The normalized spacial score (nSPS) is 13.6. The van der Waals surface area contributed by atoms with E-state index in [1.807, 2.05) is 34.6 Å². The first kappa shape index (κ1) is 13.3. The molecule has 16 heavy (non-hydrogen) atoms. The molecule has 2 rings (SSSR count). The molecule has 0 unspecified atom stereocenters. The predicted octanol–water partition coefficient (Wildman–Crippen LogP) is 2.44. The summed E-state index contributed by atoms with van der Waals surface area (Å²) >= 11 is 1.52. The van der Waals surface area contributed by atoms with Crippen LogP contribution in [0.5, 0.6) is 0 Å². The van der Waals surface area contributed by atoms with Gasteiger partial charge in [0.05, 0.1) is 25.2 Å². The van der Waals surface area contributed by atoms with Crippen molar-refractivity contribution >= 4 is 41.1 Å². The summed E-state index contributed by atoms with van der Waals surface area (Å²) in [5.41, 5.74) is 0.779. The Balaban J connectivity index is 0.00000128. The molecule has 0 radical (unpaired) electrons. The number of aliphatic imine (C=N–C) groups is 1. The van der Waals surface area contributed by atoms with Crippen molar-refractivity contribution in [1.29, 1.82) is 0 Å². The number of Topliss-reactive ketones (excluding diaryl/α,β-unsaturated/α-hetero) is 1. The van der Waals surface area contributed by atoms with Gasteiger partial charge in [0, 0.05) is 5.56 Å². The molecule has 3 nitrogen and oxygen atoms in total. The molecular formula is C11H13BrN2OS. The Morgan fingerprint density at radius 3 is 2.75 bits per heavy atom. The van der Waals surface area contributed by atoms with Gasteiger partial charge in [0.15, 0.2) is 5.78 Å². The van der Waals surface area contributed by atoms with Crippen molar-refractivity contribution in [3.05, 3.63) is 35.9 Å². The molecule has 0 aromatic heterocycles. The van der Waals surface area contributed by atoms with E-state index in [0.717, 1.165) is 18.7 Å². The maximum atomic E-state index is 11.7. The molecule has 0 atom stereocenters. The number of nitrogens with zero attached hydrogens (tertiary/aromatic N) is 2. The molecule has 0 amide bonds. The minimum Gasteiger partial charge on any atom is -0.305 e. The first-order valence-corrected chi connectivity index (χ1v) is 5.78. The second-order valence-corrected chi connectivity index (χ2v) is 4.24. The molecular weight excluding hydrogens is 288 g/mol. The highest BCUT2D eigenvalue weighted by atomic mass is 79.9. The zero-order valence-corrected chi connectivity index (χ0v) is 11.2. The largest absolute Gasteiger partial charge is 0.305 e.